The fourth-order valence-electron chi connectivity index (χ4n) is 1.85. The Hall–Kier alpha value is -1.38. The van der Waals surface area contributed by atoms with Crippen LogP contribution in [0, 0.1) is 0 Å². The average molecular weight is 295 g/mol. The molecular formula is C15H12Cl2O2. The van der Waals surface area contributed by atoms with Crippen LogP contribution in [0.3, 0.4) is 0 Å². The van der Waals surface area contributed by atoms with Gasteiger partial charge in [0, 0.05) is 11.6 Å². The zero-order chi connectivity index (χ0) is 13.4. The number of benzene rings is 2. The lowest BCUT2D eigenvalue weighted by molar-refractivity contribution is 0.303. The molecule has 0 heterocycles. The van der Waals surface area contributed by atoms with Crippen molar-refractivity contribution in [3.63, 3.8) is 0 Å². The van der Waals surface area contributed by atoms with Crippen LogP contribution < -0.4 is 4.74 Å². The van der Waals surface area contributed by atoms with Gasteiger partial charge in [-0.25, -0.2) is 0 Å². The highest BCUT2D eigenvalue weighted by atomic mass is 35.5. The third kappa shape index (κ3) is 2.80. The van der Waals surface area contributed by atoms with Crippen LogP contribution in [0.4, 0.5) is 0 Å². The van der Waals surface area contributed by atoms with E-state index in [0.717, 1.165) is 29.7 Å². The van der Waals surface area contributed by atoms with E-state index in [0.29, 0.717) is 11.1 Å². The number of phenols is 1. The smallest absolute Gasteiger partial charge is 0.135 e. The molecule has 1 N–H and O–H groups in total. The lowest BCUT2D eigenvalue weighted by Crippen LogP contribution is -1.95. The fourth-order valence-corrected chi connectivity index (χ4v) is 2.28. The summed E-state index contributed by atoms with van der Waals surface area (Å²) in [5.41, 5.74) is 1.73. The highest BCUT2D eigenvalue weighted by Crippen LogP contribution is 2.37. The SMILES string of the molecule is Oc1cc(Cl)c(-c2ccc(OC3CC3)cc2)cc1Cl. The van der Waals surface area contributed by atoms with Gasteiger partial charge in [0.05, 0.1) is 16.1 Å². The zero-order valence-corrected chi connectivity index (χ0v) is 11.6. The first-order valence-electron chi connectivity index (χ1n) is 6.08. The minimum atomic E-state index is -0.0101. The molecule has 2 aromatic rings. The lowest BCUT2D eigenvalue weighted by atomic mass is 10.1. The van der Waals surface area contributed by atoms with E-state index in [1.54, 1.807) is 6.07 Å². The van der Waals surface area contributed by atoms with Crippen molar-refractivity contribution in [2.45, 2.75) is 18.9 Å². The van der Waals surface area contributed by atoms with Crippen molar-refractivity contribution >= 4 is 23.2 Å². The third-order valence-electron chi connectivity index (χ3n) is 3.03. The summed E-state index contributed by atoms with van der Waals surface area (Å²) in [4.78, 5) is 0. The van der Waals surface area contributed by atoms with Gasteiger partial charge in [0.1, 0.15) is 11.5 Å². The van der Waals surface area contributed by atoms with Gasteiger partial charge in [-0.05, 0) is 36.6 Å². The maximum atomic E-state index is 9.49. The van der Waals surface area contributed by atoms with Gasteiger partial charge in [0.2, 0.25) is 0 Å². The number of hydrogen-bond donors (Lipinski definition) is 1. The molecule has 1 fully saturated rings. The highest BCUT2D eigenvalue weighted by Gasteiger charge is 2.23. The van der Waals surface area contributed by atoms with Gasteiger partial charge in [0.25, 0.3) is 0 Å². The topological polar surface area (TPSA) is 29.5 Å². The summed E-state index contributed by atoms with van der Waals surface area (Å²) in [6, 6.07) is 10.8. The molecule has 3 rings (SSSR count). The van der Waals surface area contributed by atoms with Gasteiger partial charge in [0.15, 0.2) is 0 Å². The van der Waals surface area contributed by atoms with E-state index < -0.39 is 0 Å². The molecule has 0 aromatic heterocycles. The summed E-state index contributed by atoms with van der Waals surface area (Å²) in [7, 11) is 0. The number of rotatable bonds is 3. The molecule has 0 amide bonds. The molecule has 0 saturated heterocycles. The second-order valence-electron chi connectivity index (χ2n) is 4.63. The van der Waals surface area contributed by atoms with Gasteiger partial charge in [-0.15, -0.1) is 0 Å². The number of hydrogen-bond acceptors (Lipinski definition) is 2. The Balaban J connectivity index is 1.90. The molecule has 0 unspecified atom stereocenters. The Bertz CT molecular complexity index is 604. The summed E-state index contributed by atoms with van der Waals surface area (Å²) in [6.07, 6.45) is 2.67. The van der Waals surface area contributed by atoms with Gasteiger partial charge >= 0.3 is 0 Å². The summed E-state index contributed by atoms with van der Waals surface area (Å²) in [6.45, 7) is 0. The molecule has 98 valence electrons. The van der Waals surface area contributed by atoms with Crippen molar-refractivity contribution < 1.29 is 9.84 Å². The van der Waals surface area contributed by atoms with E-state index in [1.807, 2.05) is 24.3 Å². The van der Waals surface area contributed by atoms with Crippen LogP contribution in [0.5, 0.6) is 11.5 Å². The van der Waals surface area contributed by atoms with Crippen LogP contribution in [0.1, 0.15) is 12.8 Å². The predicted molar refractivity (Wildman–Crippen MR) is 77.2 cm³/mol. The molecule has 1 aliphatic carbocycles. The van der Waals surface area contributed by atoms with Crippen molar-refractivity contribution in [1.82, 2.24) is 0 Å². The largest absolute Gasteiger partial charge is 0.506 e. The van der Waals surface area contributed by atoms with E-state index in [4.69, 9.17) is 27.9 Å². The summed E-state index contributed by atoms with van der Waals surface area (Å²) in [5, 5.41) is 10.2. The maximum absolute atomic E-state index is 9.49. The van der Waals surface area contributed by atoms with Crippen LogP contribution in [-0.4, -0.2) is 11.2 Å². The summed E-state index contributed by atoms with van der Waals surface area (Å²) < 4.78 is 5.69. The first-order chi connectivity index (χ1) is 9.13. The molecule has 0 spiro atoms. The normalized spacial score (nSPS) is 14.4. The van der Waals surface area contributed by atoms with E-state index in [2.05, 4.69) is 0 Å². The Morgan fingerprint density at radius 2 is 1.68 bits per heavy atom. The predicted octanol–water partition coefficient (Wildman–Crippen LogP) is 4.91. The van der Waals surface area contributed by atoms with Crippen LogP contribution in [0.15, 0.2) is 36.4 Å². The summed E-state index contributed by atoms with van der Waals surface area (Å²) >= 11 is 12.0. The highest BCUT2D eigenvalue weighted by molar-refractivity contribution is 6.36. The number of phenolic OH excluding ortho intramolecular Hbond substituents is 1. The number of aromatic hydroxyl groups is 1. The van der Waals surface area contributed by atoms with Crippen LogP contribution in [0.2, 0.25) is 10.0 Å². The van der Waals surface area contributed by atoms with Gasteiger partial charge in [-0.2, -0.15) is 0 Å². The number of halogens is 2. The van der Waals surface area contributed by atoms with Crippen molar-refractivity contribution in [2.75, 3.05) is 0 Å². The molecule has 4 heteroatoms. The minimum Gasteiger partial charge on any atom is -0.506 e. The molecule has 0 radical (unpaired) electrons. The first kappa shape index (κ1) is 12.6. The molecule has 19 heavy (non-hydrogen) atoms. The van der Waals surface area contributed by atoms with Crippen molar-refractivity contribution in [3.05, 3.63) is 46.4 Å². The Kier molecular flexibility index (Phi) is 3.29. The Morgan fingerprint density at radius 3 is 2.32 bits per heavy atom. The lowest BCUT2D eigenvalue weighted by Gasteiger charge is -2.09. The monoisotopic (exact) mass is 294 g/mol. The van der Waals surface area contributed by atoms with Crippen LogP contribution in [-0.2, 0) is 0 Å². The van der Waals surface area contributed by atoms with Crippen molar-refractivity contribution in [1.29, 1.82) is 0 Å². The summed E-state index contributed by atoms with van der Waals surface area (Å²) in [5.74, 6) is 0.858. The average Bonchev–Trinajstić information content (AvgIpc) is 3.19. The molecule has 1 saturated carbocycles. The quantitative estimate of drug-likeness (QED) is 0.872. The van der Waals surface area contributed by atoms with Gasteiger partial charge in [-0.1, -0.05) is 35.3 Å². The molecular weight excluding hydrogens is 283 g/mol. The van der Waals surface area contributed by atoms with E-state index in [1.165, 1.54) is 6.07 Å². The molecule has 1 aliphatic rings. The molecule has 2 aromatic carbocycles. The first-order valence-corrected chi connectivity index (χ1v) is 6.84. The van der Waals surface area contributed by atoms with Gasteiger partial charge in [-0.3, -0.25) is 0 Å². The third-order valence-corrected chi connectivity index (χ3v) is 3.64. The molecule has 0 aliphatic heterocycles. The molecule has 2 nitrogen and oxygen atoms in total. The van der Waals surface area contributed by atoms with Gasteiger partial charge < -0.3 is 9.84 Å². The minimum absolute atomic E-state index is 0.0101. The van der Waals surface area contributed by atoms with Crippen molar-refractivity contribution in [2.24, 2.45) is 0 Å². The second-order valence-corrected chi connectivity index (χ2v) is 5.44. The fraction of sp³-hybridized carbons (Fsp3) is 0.200. The second kappa shape index (κ2) is 4.95. The van der Waals surface area contributed by atoms with E-state index in [9.17, 15) is 5.11 Å². The molecule has 0 bridgehead atoms. The molecule has 0 atom stereocenters. The Labute approximate surface area is 121 Å². The Morgan fingerprint density at radius 1 is 1.00 bits per heavy atom. The van der Waals surface area contributed by atoms with E-state index >= 15 is 0 Å². The van der Waals surface area contributed by atoms with Crippen LogP contribution >= 0.6 is 23.2 Å². The number of ether oxygens (including phenoxy) is 1. The standard InChI is InChI=1S/C15H12Cl2O2/c16-13-8-15(18)14(17)7-12(13)9-1-3-10(4-2-9)19-11-5-6-11/h1-4,7-8,11,18H,5-6H2. The van der Waals surface area contributed by atoms with Crippen molar-refractivity contribution in [3.8, 4) is 22.6 Å². The maximum Gasteiger partial charge on any atom is 0.135 e. The zero-order valence-electron chi connectivity index (χ0n) is 10.1. The van der Waals surface area contributed by atoms with Crippen LogP contribution in [0.25, 0.3) is 11.1 Å². The van der Waals surface area contributed by atoms with E-state index in [-0.39, 0.29) is 10.8 Å².